The fraction of sp³-hybridized carbons (Fsp3) is 0.750. The zero-order valence-corrected chi connectivity index (χ0v) is 12.8. The third kappa shape index (κ3) is 4.55. The Morgan fingerprint density at radius 3 is 2.41 bits per heavy atom. The van der Waals surface area contributed by atoms with Gasteiger partial charge in [-0.1, -0.05) is 19.3 Å². The van der Waals surface area contributed by atoms with Crippen molar-refractivity contribution < 1.29 is 14.7 Å². The number of terminal acetylenes is 1. The molecule has 1 saturated carbocycles. The topological polar surface area (TPSA) is 91.1 Å². The van der Waals surface area contributed by atoms with Crippen LogP contribution in [0.2, 0.25) is 0 Å². The van der Waals surface area contributed by atoms with Gasteiger partial charge in [0.25, 0.3) is 0 Å². The molecular weight excluding hydrogens is 282 g/mol. The van der Waals surface area contributed by atoms with E-state index in [2.05, 4.69) is 21.5 Å². The summed E-state index contributed by atoms with van der Waals surface area (Å²) in [6.07, 6.45) is 11.9. The van der Waals surface area contributed by atoms with E-state index in [1.54, 1.807) is 0 Å². The number of carbonyl (C=O) groups is 2. The zero-order chi connectivity index (χ0) is 16.1. The molecule has 1 aliphatic heterocycles. The fourth-order valence-corrected chi connectivity index (χ4v) is 3.20. The molecule has 1 amide bonds. The standard InChI is InChI=1S/C16H23N3O3/c1-2-3-10-16(18-19-16)11-7-13(20)17-15(12-14(21)22)8-5-4-6-9-15/h1H,3-12H2,(H,17,20)(H,21,22). The zero-order valence-electron chi connectivity index (χ0n) is 12.8. The van der Waals surface area contributed by atoms with E-state index < -0.39 is 17.2 Å². The molecule has 2 aliphatic rings. The summed E-state index contributed by atoms with van der Waals surface area (Å²) in [5.74, 6) is 1.59. The molecule has 6 nitrogen and oxygen atoms in total. The smallest absolute Gasteiger partial charge is 0.305 e. The average molecular weight is 305 g/mol. The lowest BCUT2D eigenvalue weighted by Gasteiger charge is -2.37. The van der Waals surface area contributed by atoms with Gasteiger partial charge in [0.1, 0.15) is 0 Å². The van der Waals surface area contributed by atoms with E-state index in [-0.39, 0.29) is 12.3 Å². The summed E-state index contributed by atoms with van der Waals surface area (Å²) >= 11 is 0. The van der Waals surface area contributed by atoms with Gasteiger partial charge < -0.3 is 10.4 Å². The second-order valence-corrected chi connectivity index (χ2v) is 6.35. The van der Waals surface area contributed by atoms with Crippen molar-refractivity contribution in [1.82, 2.24) is 5.32 Å². The van der Waals surface area contributed by atoms with Crippen LogP contribution in [0, 0.1) is 12.3 Å². The first-order chi connectivity index (χ1) is 10.5. The molecule has 1 aliphatic carbocycles. The van der Waals surface area contributed by atoms with Crippen LogP contribution in [0.4, 0.5) is 0 Å². The molecule has 0 aromatic rings. The van der Waals surface area contributed by atoms with Gasteiger partial charge in [0.15, 0.2) is 5.66 Å². The summed E-state index contributed by atoms with van der Waals surface area (Å²) in [4.78, 5) is 23.3. The second-order valence-electron chi connectivity index (χ2n) is 6.35. The lowest BCUT2D eigenvalue weighted by molar-refractivity contribution is -0.139. The SMILES string of the molecule is C#CCCC1(CCC(=O)NC2(CC(=O)O)CCCCC2)N=N1. The molecule has 1 fully saturated rings. The summed E-state index contributed by atoms with van der Waals surface area (Å²) in [7, 11) is 0. The number of hydrogen-bond donors (Lipinski definition) is 2. The van der Waals surface area contributed by atoms with Gasteiger partial charge in [-0.05, 0) is 12.8 Å². The second kappa shape index (κ2) is 6.91. The third-order valence-corrected chi connectivity index (χ3v) is 4.51. The van der Waals surface area contributed by atoms with Gasteiger partial charge in [0, 0.05) is 25.7 Å². The minimum Gasteiger partial charge on any atom is -0.481 e. The van der Waals surface area contributed by atoms with Crippen molar-refractivity contribution in [2.75, 3.05) is 0 Å². The Labute approximate surface area is 130 Å². The van der Waals surface area contributed by atoms with Crippen LogP contribution in [0.15, 0.2) is 10.2 Å². The van der Waals surface area contributed by atoms with Crippen molar-refractivity contribution in [3.05, 3.63) is 0 Å². The molecule has 22 heavy (non-hydrogen) atoms. The van der Waals surface area contributed by atoms with Gasteiger partial charge in [-0.15, -0.1) is 12.3 Å². The summed E-state index contributed by atoms with van der Waals surface area (Å²) in [5.41, 5.74) is -1.04. The molecule has 0 radical (unpaired) electrons. The van der Waals surface area contributed by atoms with Crippen LogP contribution in [0.1, 0.15) is 64.2 Å². The number of carboxylic acids is 1. The maximum absolute atomic E-state index is 12.2. The van der Waals surface area contributed by atoms with Gasteiger partial charge in [0.05, 0.1) is 12.0 Å². The Hall–Kier alpha value is -1.90. The minimum atomic E-state index is -0.861. The van der Waals surface area contributed by atoms with E-state index in [9.17, 15) is 9.59 Å². The van der Waals surface area contributed by atoms with E-state index in [1.807, 2.05) is 0 Å². The first kappa shape index (κ1) is 16.5. The predicted molar refractivity (Wildman–Crippen MR) is 81.1 cm³/mol. The molecule has 0 bridgehead atoms. The third-order valence-electron chi connectivity index (χ3n) is 4.51. The molecule has 6 heteroatoms. The summed E-state index contributed by atoms with van der Waals surface area (Å²) < 4.78 is 0. The van der Waals surface area contributed by atoms with Crippen LogP contribution in [0.25, 0.3) is 0 Å². The van der Waals surface area contributed by atoms with E-state index in [0.717, 1.165) is 32.1 Å². The predicted octanol–water partition coefficient (Wildman–Crippen LogP) is 2.64. The van der Waals surface area contributed by atoms with Crippen LogP contribution in [0.5, 0.6) is 0 Å². The number of hydrogen-bond acceptors (Lipinski definition) is 4. The molecule has 0 aromatic carbocycles. The van der Waals surface area contributed by atoms with Crippen molar-refractivity contribution >= 4 is 11.9 Å². The Morgan fingerprint density at radius 2 is 1.86 bits per heavy atom. The minimum absolute atomic E-state index is 0.00424. The number of rotatable bonds is 8. The Morgan fingerprint density at radius 1 is 1.18 bits per heavy atom. The highest BCUT2D eigenvalue weighted by Crippen LogP contribution is 2.38. The van der Waals surface area contributed by atoms with Crippen LogP contribution in [-0.2, 0) is 9.59 Å². The van der Waals surface area contributed by atoms with Crippen LogP contribution >= 0.6 is 0 Å². The molecule has 1 heterocycles. The summed E-state index contributed by atoms with van der Waals surface area (Å²) in [5, 5.41) is 20.1. The lowest BCUT2D eigenvalue weighted by atomic mass is 9.79. The molecule has 0 unspecified atom stereocenters. The van der Waals surface area contributed by atoms with E-state index >= 15 is 0 Å². The van der Waals surface area contributed by atoms with Crippen molar-refractivity contribution in [2.45, 2.75) is 75.4 Å². The van der Waals surface area contributed by atoms with Gasteiger partial charge in [-0.3, -0.25) is 9.59 Å². The molecular formula is C16H23N3O3. The molecule has 0 saturated heterocycles. The lowest BCUT2D eigenvalue weighted by Crippen LogP contribution is -2.51. The largest absolute Gasteiger partial charge is 0.481 e. The van der Waals surface area contributed by atoms with Crippen molar-refractivity contribution in [3.8, 4) is 12.3 Å². The van der Waals surface area contributed by atoms with E-state index in [0.29, 0.717) is 25.7 Å². The van der Waals surface area contributed by atoms with Gasteiger partial charge >= 0.3 is 5.97 Å². The summed E-state index contributed by atoms with van der Waals surface area (Å²) in [6, 6.07) is 0. The highest BCUT2D eigenvalue weighted by atomic mass is 16.4. The highest BCUT2D eigenvalue weighted by Gasteiger charge is 2.40. The van der Waals surface area contributed by atoms with Gasteiger partial charge in [-0.2, -0.15) is 10.2 Å². The summed E-state index contributed by atoms with van der Waals surface area (Å²) in [6.45, 7) is 0. The number of nitrogens with zero attached hydrogens (tertiary/aromatic N) is 2. The normalized spacial score (nSPS) is 20.9. The molecule has 0 spiro atoms. The van der Waals surface area contributed by atoms with Crippen LogP contribution in [-0.4, -0.2) is 28.2 Å². The fourth-order valence-electron chi connectivity index (χ4n) is 3.20. The van der Waals surface area contributed by atoms with Crippen LogP contribution < -0.4 is 5.32 Å². The Kier molecular flexibility index (Phi) is 5.17. The Balaban J connectivity index is 1.83. The monoisotopic (exact) mass is 305 g/mol. The number of carboxylic acid groups (broad SMARTS) is 1. The maximum atomic E-state index is 12.2. The quantitative estimate of drug-likeness (QED) is 0.675. The van der Waals surface area contributed by atoms with Crippen molar-refractivity contribution in [1.29, 1.82) is 0 Å². The van der Waals surface area contributed by atoms with Crippen molar-refractivity contribution in [3.63, 3.8) is 0 Å². The van der Waals surface area contributed by atoms with Gasteiger partial charge in [0.2, 0.25) is 5.91 Å². The first-order valence-corrected chi connectivity index (χ1v) is 7.90. The molecule has 0 aromatic heterocycles. The number of nitrogens with one attached hydrogen (secondary N) is 1. The highest BCUT2D eigenvalue weighted by molar-refractivity contribution is 5.78. The molecule has 2 N–H and O–H groups in total. The van der Waals surface area contributed by atoms with Crippen LogP contribution in [0.3, 0.4) is 0 Å². The number of amides is 1. The molecule has 0 atom stereocenters. The van der Waals surface area contributed by atoms with E-state index in [1.165, 1.54) is 0 Å². The molecule has 2 rings (SSSR count). The number of aliphatic carboxylic acids is 1. The average Bonchev–Trinajstić information content (AvgIpc) is 3.23. The molecule has 120 valence electrons. The number of carbonyl (C=O) groups excluding carboxylic acids is 1. The van der Waals surface area contributed by atoms with Gasteiger partial charge in [-0.25, -0.2) is 0 Å². The van der Waals surface area contributed by atoms with E-state index in [4.69, 9.17) is 11.5 Å². The Bertz CT molecular complexity index is 495. The maximum Gasteiger partial charge on any atom is 0.305 e. The first-order valence-electron chi connectivity index (χ1n) is 7.90. The van der Waals surface area contributed by atoms with Crippen molar-refractivity contribution in [2.24, 2.45) is 10.2 Å².